The van der Waals surface area contributed by atoms with Crippen LogP contribution in [-0.4, -0.2) is 9.91 Å². The van der Waals surface area contributed by atoms with E-state index in [2.05, 4.69) is 16.6 Å². The van der Waals surface area contributed by atoms with Crippen molar-refractivity contribution in [2.75, 3.05) is 0 Å². The third-order valence-electron chi connectivity index (χ3n) is 1.02. The molecule has 0 radical (unpaired) electrons. The van der Waals surface area contributed by atoms with Crippen LogP contribution in [0.15, 0.2) is 23.4 Å². The van der Waals surface area contributed by atoms with Crippen molar-refractivity contribution in [3.05, 3.63) is 28.4 Å². The van der Waals surface area contributed by atoms with Crippen LogP contribution in [0.1, 0.15) is 0 Å². The third-order valence-corrected chi connectivity index (χ3v) is 1.99. The Morgan fingerprint density at radius 3 is 3.00 bits per heavy atom. The average Bonchev–Trinajstić information content (AvgIpc) is 2.05. The molecule has 0 aromatic carbocycles. The molecular weight excluding hydrogens is 184 g/mol. The molecule has 0 amide bonds. The van der Waals surface area contributed by atoms with E-state index < -0.39 is 4.92 Å². The summed E-state index contributed by atoms with van der Waals surface area (Å²) in [6, 6.07) is 2.71. The van der Waals surface area contributed by atoms with E-state index in [-0.39, 0.29) is 5.69 Å². The molecule has 1 heterocycles. The Bertz CT molecular complexity index is 279. The second-order valence-corrected chi connectivity index (χ2v) is 2.85. The minimum Gasteiger partial charge on any atom is -0.258 e. The molecule has 0 N–H and O–H groups in total. The van der Waals surface area contributed by atoms with E-state index in [1.54, 1.807) is 0 Å². The van der Waals surface area contributed by atoms with Crippen LogP contribution in [0.5, 0.6) is 0 Å². The van der Waals surface area contributed by atoms with Crippen LogP contribution >= 0.6 is 22.5 Å². The van der Waals surface area contributed by atoms with E-state index in [4.69, 9.17) is 0 Å². The van der Waals surface area contributed by atoms with Gasteiger partial charge in [-0.2, -0.15) is 0 Å². The molecule has 0 saturated carbocycles. The number of pyridine rings is 1. The van der Waals surface area contributed by atoms with E-state index in [1.807, 2.05) is 0 Å². The van der Waals surface area contributed by atoms with E-state index in [9.17, 15) is 10.1 Å². The fraction of sp³-hybridized carbons (Fsp3) is 0. The van der Waals surface area contributed by atoms with Gasteiger partial charge >= 0.3 is 0 Å². The summed E-state index contributed by atoms with van der Waals surface area (Å²) in [5.41, 5.74) is 0.0385. The van der Waals surface area contributed by atoms with Crippen molar-refractivity contribution < 1.29 is 4.92 Å². The van der Waals surface area contributed by atoms with Crippen molar-refractivity contribution in [2.45, 2.75) is 5.03 Å². The summed E-state index contributed by atoms with van der Waals surface area (Å²) in [4.78, 5) is 13.6. The first kappa shape index (κ1) is 8.35. The van der Waals surface area contributed by atoms with Crippen LogP contribution in [0, 0.1) is 10.1 Å². The fourth-order valence-corrected chi connectivity index (χ4v) is 1.14. The molecule has 4 nitrogen and oxygen atoms in total. The highest BCUT2D eigenvalue weighted by Crippen LogP contribution is 2.22. The van der Waals surface area contributed by atoms with Crippen LogP contribution < -0.4 is 0 Å². The maximum Gasteiger partial charge on any atom is 0.273 e. The average molecular weight is 188 g/mol. The lowest BCUT2D eigenvalue weighted by Gasteiger charge is -1.92. The summed E-state index contributed by atoms with van der Waals surface area (Å²) in [6.07, 6.45) is 1.39. The van der Waals surface area contributed by atoms with E-state index in [1.165, 1.54) is 18.3 Å². The largest absolute Gasteiger partial charge is 0.273 e. The Balaban J connectivity index is 3.01. The van der Waals surface area contributed by atoms with Crippen molar-refractivity contribution in [3.63, 3.8) is 0 Å². The first-order valence-electron chi connectivity index (χ1n) is 2.66. The number of aromatic nitrogens is 1. The highest BCUT2D eigenvalue weighted by atomic mass is 33.1. The molecule has 0 fully saturated rings. The van der Waals surface area contributed by atoms with E-state index >= 15 is 0 Å². The molecule has 58 valence electrons. The molecule has 6 heteroatoms. The Morgan fingerprint density at radius 1 is 1.73 bits per heavy atom. The summed E-state index contributed by atoms with van der Waals surface area (Å²) in [6.45, 7) is 0. The Labute approximate surface area is 72.0 Å². The molecule has 0 saturated heterocycles. The topological polar surface area (TPSA) is 56.0 Å². The molecular formula is C5H4N2O2S2. The van der Waals surface area contributed by atoms with Gasteiger partial charge in [-0.1, -0.05) is 0 Å². The van der Waals surface area contributed by atoms with Crippen molar-refractivity contribution in [3.8, 4) is 0 Å². The molecule has 0 aliphatic heterocycles. The van der Waals surface area contributed by atoms with Gasteiger partial charge in [0.25, 0.3) is 5.69 Å². The zero-order valence-corrected chi connectivity index (χ0v) is 7.01. The number of rotatable bonds is 2. The zero-order valence-electron chi connectivity index (χ0n) is 5.30. The first-order chi connectivity index (χ1) is 5.24. The highest BCUT2D eigenvalue weighted by Gasteiger charge is 2.05. The number of thiol groups is 1. The molecule has 11 heavy (non-hydrogen) atoms. The standard InChI is InChI=1S/C5H4N2O2S2/c8-7(9)4-1-2-6-5(3-4)11-10/h1-3,10H. The predicted molar refractivity (Wildman–Crippen MR) is 45.7 cm³/mol. The lowest BCUT2D eigenvalue weighted by molar-refractivity contribution is -0.385. The fourth-order valence-electron chi connectivity index (χ4n) is 0.562. The van der Waals surface area contributed by atoms with Gasteiger partial charge in [-0.3, -0.25) is 10.1 Å². The SMILES string of the molecule is O=[N+]([O-])c1ccnc(SS)c1. The zero-order chi connectivity index (χ0) is 8.27. The monoisotopic (exact) mass is 188 g/mol. The van der Waals surface area contributed by atoms with Gasteiger partial charge in [0.05, 0.1) is 4.92 Å². The minimum absolute atomic E-state index is 0.0385. The van der Waals surface area contributed by atoms with Crippen LogP contribution in [-0.2, 0) is 0 Å². The maximum absolute atomic E-state index is 10.2. The summed E-state index contributed by atoms with van der Waals surface area (Å²) >= 11 is 3.86. The number of hydrogen-bond donors (Lipinski definition) is 1. The second kappa shape index (κ2) is 3.59. The smallest absolute Gasteiger partial charge is 0.258 e. The van der Waals surface area contributed by atoms with Crippen molar-refractivity contribution in [1.82, 2.24) is 4.98 Å². The van der Waals surface area contributed by atoms with Crippen molar-refractivity contribution >= 4 is 28.1 Å². The third kappa shape index (κ3) is 2.09. The van der Waals surface area contributed by atoms with Crippen LogP contribution in [0.3, 0.4) is 0 Å². The highest BCUT2D eigenvalue weighted by molar-refractivity contribution is 8.68. The first-order valence-corrected chi connectivity index (χ1v) is 4.53. The summed E-state index contributed by atoms with van der Waals surface area (Å²) < 4.78 is 0. The maximum atomic E-state index is 10.2. The predicted octanol–water partition coefficient (Wildman–Crippen LogP) is 1.93. The molecule has 0 spiro atoms. The molecule has 0 unspecified atom stereocenters. The van der Waals surface area contributed by atoms with Crippen LogP contribution in [0.2, 0.25) is 0 Å². The second-order valence-electron chi connectivity index (χ2n) is 1.70. The number of nitrogens with zero attached hydrogens (tertiary/aromatic N) is 2. The van der Waals surface area contributed by atoms with Gasteiger partial charge in [-0.15, -0.1) is 11.7 Å². The van der Waals surface area contributed by atoms with Gasteiger partial charge in [-0.25, -0.2) is 4.98 Å². The van der Waals surface area contributed by atoms with E-state index in [0.717, 1.165) is 10.8 Å². The van der Waals surface area contributed by atoms with Crippen LogP contribution in [0.4, 0.5) is 5.69 Å². The molecule has 1 aromatic rings. The summed E-state index contributed by atoms with van der Waals surface area (Å²) in [5, 5.41) is 10.7. The molecule has 1 aromatic heterocycles. The summed E-state index contributed by atoms with van der Waals surface area (Å²) in [5.74, 6) is 0. The van der Waals surface area contributed by atoms with E-state index in [0.29, 0.717) is 5.03 Å². The van der Waals surface area contributed by atoms with Gasteiger partial charge < -0.3 is 0 Å². The minimum atomic E-state index is -0.463. The Kier molecular flexibility index (Phi) is 2.72. The summed E-state index contributed by atoms with van der Waals surface area (Å²) in [7, 11) is 1.08. The van der Waals surface area contributed by atoms with Gasteiger partial charge in [-0.05, 0) is 10.8 Å². The normalized spacial score (nSPS) is 9.55. The molecule has 0 aliphatic carbocycles. The van der Waals surface area contributed by atoms with Gasteiger partial charge in [0.2, 0.25) is 0 Å². The lowest BCUT2D eigenvalue weighted by Crippen LogP contribution is -1.88. The molecule has 1 rings (SSSR count). The number of hydrogen-bond acceptors (Lipinski definition) is 5. The van der Waals surface area contributed by atoms with Gasteiger partial charge in [0, 0.05) is 18.3 Å². The quantitative estimate of drug-likeness (QED) is 0.333. The number of nitro groups is 1. The van der Waals surface area contributed by atoms with Gasteiger partial charge in [0.15, 0.2) is 0 Å². The molecule has 0 aliphatic rings. The Hall–Kier alpha value is -0.750. The van der Waals surface area contributed by atoms with Crippen LogP contribution in [0.25, 0.3) is 0 Å². The van der Waals surface area contributed by atoms with Crippen molar-refractivity contribution in [2.24, 2.45) is 0 Å². The molecule has 0 atom stereocenters. The molecule has 0 bridgehead atoms. The lowest BCUT2D eigenvalue weighted by atomic mass is 10.4. The van der Waals surface area contributed by atoms with Crippen molar-refractivity contribution in [1.29, 1.82) is 0 Å². The van der Waals surface area contributed by atoms with Gasteiger partial charge in [0.1, 0.15) is 5.03 Å². The Morgan fingerprint density at radius 2 is 2.45 bits per heavy atom.